The van der Waals surface area contributed by atoms with Crippen LogP contribution >= 0.6 is 0 Å². The second-order valence-electron chi connectivity index (χ2n) is 9.68. The quantitative estimate of drug-likeness (QED) is 0.275. The normalized spacial score (nSPS) is 18.2. The molecule has 0 N–H and O–H groups in total. The second kappa shape index (κ2) is 9.94. The van der Waals surface area contributed by atoms with E-state index < -0.39 is 0 Å². The molecule has 186 valence electrons. The van der Waals surface area contributed by atoms with Crippen LogP contribution in [0.25, 0.3) is 6.08 Å². The fraction of sp³-hybridized carbons (Fsp3) is 0.121. The summed E-state index contributed by atoms with van der Waals surface area (Å²) in [5.74, 6) is -0.115. The largest absolute Gasteiger partial charge is 0.280 e. The average Bonchev–Trinajstić information content (AvgIpc) is 3.53. The molecule has 0 spiro atoms. The van der Waals surface area contributed by atoms with Crippen LogP contribution in [0, 0.1) is 6.92 Å². The van der Waals surface area contributed by atoms with E-state index in [2.05, 4.69) is 70.8 Å². The number of carbonyl (C=O) groups is 1. The minimum Gasteiger partial charge on any atom is -0.267 e. The maximum absolute atomic E-state index is 13.2. The highest BCUT2D eigenvalue weighted by Gasteiger charge is 2.30. The van der Waals surface area contributed by atoms with Crippen molar-refractivity contribution in [2.75, 3.05) is 10.0 Å². The van der Waals surface area contributed by atoms with Gasteiger partial charge in [-0.25, -0.2) is 0 Å². The lowest BCUT2D eigenvalue weighted by molar-refractivity contribution is -0.114. The number of anilines is 2. The summed E-state index contributed by atoms with van der Waals surface area (Å²) in [6.45, 7) is 3.90. The summed E-state index contributed by atoms with van der Waals surface area (Å²) in [5.41, 5.74) is 8.63. The van der Waals surface area contributed by atoms with Gasteiger partial charge in [0.2, 0.25) is 0 Å². The fourth-order valence-corrected chi connectivity index (χ4v) is 4.92. The van der Waals surface area contributed by atoms with E-state index in [1.54, 1.807) is 0 Å². The van der Waals surface area contributed by atoms with Gasteiger partial charge in [-0.3, -0.25) is 9.80 Å². The molecule has 0 aromatic heterocycles. The highest BCUT2D eigenvalue weighted by Crippen LogP contribution is 2.37. The van der Waals surface area contributed by atoms with Crippen LogP contribution in [0.3, 0.4) is 0 Å². The molecule has 4 aromatic rings. The van der Waals surface area contributed by atoms with E-state index in [0.717, 1.165) is 40.2 Å². The number of nitrogens with zero attached hydrogens (tertiary/aromatic N) is 4. The first-order chi connectivity index (χ1) is 18.6. The van der Waals surface area contributed by atoms with E-state index in [-0.39, 0.29) is 11.9 Å². The molecule has 1 atom stereocenters. The van der Waals surface area contributed by atoms with Gasteiger partial charge in [-0.15, -0.1) is 0 Å². The Balaban J connectivity index is 1.28. The summed E-state index contributed by atoms with van der Waals surface area (Å²) in [7, 11) is 0. The lowest BCUT2D eigenvalue weighted by Gasteiger charge is -2.24. The van der Waals surface area contributed by atoms with Gasteiger partial charge in [0, 0.05) is 6.42 Å². The van der Waals surface area contributed by atoms with Crippen molar-refractivity contribution in [3.05, 3.63) is 137 Å². The number of carbonyl (C=O) groups excluding carboxylic acids is 1. The Labute approximate surface area is 223 Å². The average molecular weight is 497 g/mol. The van der Waals surface area contributed by atoms with E-state index in [0.29, 0.717) is 11.3 Å². The summed E-state index contributed by atoms with van der Waals surface area (Å²) in [5, 5.41) is 13.2. The first-order valence-corrected chi connectivity index (χ1v) is 12.8. The number of hydrazone groups is 2. The zero-order chi connectivity index (χ0) is 26.1. The summed E-state index contributed by atoms with van der Waals surface area (Å²) in [6, 6.07) is 37.0. The van der Waals surface area contributed by atoms with Gasteiger partial charge < -0.3 is 0 Å². The van der Waals surface area contributed by atoms with Crippen LogP contribution in [0.2, 0.25) is 0 Å². The molecular weight excluding hydrogens is 468 g/mol. The molecule has 0 unspecified atom stereocenters. The molecule has 0 aliphatic carbocycles. The zero-order valence-electron chi connectivity index (χ0n) is 21.5. The molecule has 6 rings (SSSR count). The predicted molar refractivity (Wildman–Crippen MR) is 155 cm³/mol. The van der Waals surface area contributed by atoms with Crippen molar-refractivity contribution in [1.29, 1.82) is 0 Å². The third-order valence-electron chi connectivity index (χ3n) is 7.01. The van der Waals surface area contributed by atoms with Crippen molar-refractivity contribution in [2.45, 2.75) is 26.3 Å². The molecule has 0 bridgehead atoms. The molecule has 5 nitrogen and oxygen atoms in total. The van der Waals surface area contributed by atoms with E-state index >= 15 is 0 Å². The maximum atomic E-state index is 13.2. The smallest absolute Gasteiger partial charge is 0.267 e. The van der Waals surface area contributed by atoms with Crippen molar-refractivity contribution in [3.63, 3.8) is 0 Å². The summed E-state index contributed by atoms with van der Waals surface area (Å²) >= 11 is 0. The lowest BCUT2D eigenvalue weighted by atomic mass is 9.98. The summed E-state index contributed by atoms with van der Waals surface area (Å²) < 4.78 is 0. The van der Waals surface area contributed by atoms with Gasteiger partial charge in [0.05, 0.1) is 34.4 Å². The van der Waals surface area contributed by atoms with E-state index in [1.165, 1.54) is 10.6 Å². The third kappa shape index (κ3) is 4.55. The van der Waals surface area contributed by atoms with Crippen LogP contribution in [0.1, 0.15) is 41.6 Å². The van der Waals surface area contributed by atoms with Gasteiger partial charge in [-0.2, -0.15) is 15.2 Å². The molecule has 0 saturated carbocycles. The van der Waals surface area contributed by atoms with Gasteiger partial charge >= 0.3 is 0 Å². The van der Waals surface area contributed by atoms with Crippen molar-refractivity contribution in [1.82, 2.24) is 0 Å². The molecule has 4 aromatic carbocycles. The highest BCUT2D eigenvalue weighted by molar-refractivity contribution is 6.32. The van der Waals surface area contributed by atoms with Gasteiger partial charge in [-0.1, -0.05) is 90.5 Å². The van der Waals surface area contributed by atoms with E-state index in [1.807, 2.05) is 68.5 Å². The maximum Gasteiger partial charge on any atom is 0.280 e. The highest BCUT2D eigenvalue weighted by atomic mass is 16.2. The van der Waals surface area contributed by atoms with Crippen LogP contribution < -0.4 is 10.0 Å². The van der Waals surface area contributed by atoms with Crippen molar-refractivity contribution in [3.8, 4) is 0 Å². The Morgan fingerprint density at radius 3 is 2.05 bits per heavy atom. The molecule has 2 aliphatic rings. The summed E-state index contributed by atoms with van der Waals surface area (Å²) in [6.07, 6.45) is 2.75. The molecule has 0 saturated heterocycles. The number of hydrogen-bond donors (Lipinski definition) is 0. The summed E-state index contributed by atoms with van der Waals surface area (Å²) in [4.78, 5) is 13.2. The number of amides is 1. The number of rotatable bonds is 5. The third-order valence-corrected chi connectivity index (χ3v) is 7.01. The minimum absolute atomic E-state index is 0.115. The second-order valence-corrected chi connectivity index (χ2v) is 9.68. The Bertz CT molecular complexity index is 1550. The molecule has 2 aliphatic heterocycles. The lowest BCUT2D eigenvalue weighted by Crippen LogP contribution is -2.21. The van der Waals surface area contributed by atoms with E-state index in [4.69, 9.17) is 5.10 Å². The number of hydrogen-bond acceptors (Lipinski definition) is 4. The van der Waals surface area contributed by atoms with Crippen LogP contribution in [0.4, 0.5) is 11.4 Å². The molecule has 5 heteroatoms. The molecular formula is C33H28N4O. The van der Waals surface area contributed by atoms with Crippen molar-refractivity contribution >= 4 is 34.8 Å². The number of aryl methyl sites for hydroxylation is 1. The Morgan fingerprint density at radius 1 is 0.737 bits per heavy atom. The first-order valence-electron chi connectivity index (χ1n) is 12.8. The molecule has 1 amide bonds. The molecule has 0 radical (unpaired) electrons. The van der Waals surface area contributed by atoms with Gasteiger partial charge in [0.1, 0.15) is 0 Å². The monoisotopic (exact) mass is 496 g/mol. The predicted octanol–water partition coefficient (Wildman–Crippen LogP) is 7.16. The molecule has 0 fully saturated rings. The first kappa shape index (κ1) is 23.6. The van der Waals surface area contributed by atoms with Gasteiger partial charge in [0.15, 0.2) is 0 Å². The van der Waals surface area contributed by atoms with Crippen LogP contribution in [0.5, 0.6) is 0 Å². The van der Waals surface area contributed by atoms with E-state index in [9.17, 15) is 4.79 Å². The SMILES string of the molecule is CC1=NN(c2ccc(C)cc2)C(=O)/C1=C/c1ccc(N2N=C(c3ccccc3)C[C@H]2c2ccccc2)cc1. The Hall–Kier alpha value is -4.77. The fourth-order valence-electron chi connectivity index (χ4n) is 4.92. The van der Waals surface area contributed by atoms with Crippen molar-refractivity contribution in [2.24, 2.45) is 10.2 Å². The number of benzene rings is 4. The standard InChI is InChI=1S/C33H28N4O/c1-23-13-17-29(18-14-23)37-33(38)30(24(2)34-37)21-25-15-19-28(20-16-25)36-32(27-11-7-4-8-12-27)22-31(35-36)26-9-5-3-6-10-26/h3-21,32H,22H2,1-2H3/b30-21+/t32-/m0/s1. The zero-order valence-corrected chi connectivity index (χ0v) is 21.5. The van der Waals surface area contributed by atoms with Crippen LogP contribution in [0.15, 0.2) is 125 Å². The molecule has 2 heterocycles. The Kier molecular flexibility index (Phi) is 6.18. The Morgan fingerprint density at radius 2 is 1.37 bits per heavy atom. The van der Waals surface area contributed by atoms with Gasteiger partial charge in [0.25, 0.3) is 5.91 Å². The van der Waals surface area contributed by atoms with Gasteiger partial charge in [-0.05, 0) is 60.9 Å². The van der Waals surface area contributed by atoms with Crippen molar-refractivity contribution < 1.29 is 4.79 Å². The topological polar surface area (TPSA) is 48.3 Å². The molecule has 38 heavy (non-hydrogen) atoms. The van der Waals surface area contributed by atoms with Crippen LogP contribution in [-0.2, 0) is 4.79 Å². The minimum atomic E-state index is -0.115. The van der Waals surface area contributed by atoms with Crippen LogP contribution in [-0.4, -0.2) is 17.3 Å².